The lowest BCUT2D eigenvalue weighted by molar-refractivity contribution is 0.0456. The number of hydrogen-bond acceptors (Lipinski definition) is 7. The van der Waals surface area contributed by atoms with E-state index in [4.69, 9.17) is 30.5 Å². The van der Waals surface area contributed by atoms with E-state index in [-0.39, 0.29) is 40.0 Å². The Labute approximate surface area is 150 Å². The van der Waals surface area contributed by atoms with Crippen LogP contribution in [-0.2, 0) is 4.74 Å². The molecule has 0 fully saturated rings. The molecule has 0 bridgehead atoms. The van der Waals surface area contributed by atoms with Gasteiger partial charge in [0.1, 0.15) is 11.3 Å². The first kappa shape index (κ1) is 18.8. The molecule has 0 spiro atoms. The number of methoxy groups -OCH3 is 2. The molecule has 0 saturated carbocycles. The Hall–Kier alpha value is -2.54. The fraction of sp³-hybridized carbons (Fsp3) is 0.353. The molecule has 8 heteroatoms. The van der Waals surface area contributed by atoms with E-state index in [9.17, 15) is 4.79 Å². The first-order chi connectivity index (χ1) is 12.0. The summed E-state index contributed by atoms with van der Waals surface area (Å²) in [7, 11) is 2.82. The summed E-state index contributed by atoms with van der Waals surface area (Å²) in [5, 5.41) is 0.127. The molecule has 0 amide bonds. The van der Waals surface area contributed by atoms with Crippen molar-refractivity contribution in [3.05, 3.63) is 34.9 Å². The molecule has 1 aromatic carbocycles. The van der Waals surface area contributed by atoms with E-state index in [0.717, 1.165) is 0 Å². The minimum atomic E-state index is -0.489. The number of hydrogen-bond donors (Lipinski definition) is 0. The van der Waals surface area contributed by atoms with Crippen LogP contribution in [0.15, 0.2) is 24.3 Å². The fourth-order valence-electron chi connectivity index (χ4n) is 1.85. The van der Waals surface area contributed by atoms with Crippen molar-refractivity contribution in [2.24, 2.45) is 5.92 Å². The first-order valence-corrected chi connectivity index (χ1v) is 7.93. The molecule has 0 radical (unpaired) electrons. The number of carbonyl (C=O) groups is 1. The van der Waals surface area contributed by atoms with E-state index >= 15 is 0 Å². The highest BCUT2D eigenvalue weighted by atomic mass is 35.5. The van der Waals surface area contributed by atoms with Crippen LogP contribution in [0.4, 0.5) is 0 Å². The van der Waals surface area contributed by atoms with Gasteiger partial charge in [0.2, 0.25) is 11.8 Å². The standard InChI is InChI=1S/C17H19ClN2O5/c1-10(2)9-24-16(21)11-7-5-6-8-12(11)25-17-19-14(22-3)13(18)15(20-17)23-4/h5-8,10H,9H2,1-4H3. The van der Waals surface area contributed by atoms with Crippen molar-refractivity contribution >= 4 is 17.6 Å². The lowest BCUT2D eigenvalue weighted by atomic mass is 10.2. The molecular formula is C17H19ClN2O5. The number of rotatable bonds is 7. The molecule has 0 aliphatic carbocycles. The Morgan fingerprint density at radius 3 is 2.28 bits per heavy atom. The summed E-state index contributed by atoms with van der Waals surface area (Å²) in [5.74, 6) is 0.191. The van der Waals surface area contributed by atoms with Gasteiger partial charge in [0.05, 0.1) is 20.8 Å². The average Bonchev–Trinajstić information content (AvgIpc) is 2.61. The molecule has 0 unspecified atom stereocenters. The first-order valence-electron chi connectivity index (χ1n) is 7.55. The van der Waals surface area contributed by atoms with Gasteiger partial charge in [-0.1, -0.05) is 37.6 Å². The second-order valence-electron chi connectivity index (χ2n) is 5.43. The van der Waals surface area contributed by atoms with Crippen LogP contribution in [-0.4, -0.2) is 36.8 Å². The Kier molecular flexibility index (Phi) is 6.41. The number of esters is 1. The molecule has 1 aromatic heterocycles. The summed E-state index contributed by atoms with van der Waals surface area (Å²) in [6.45, 7) is 4.22. The van der Waals surface area contributed by atoms with E-state index in [0.29, 0.717) is 6.61 Å². The van der Waals surface area contributed by atoms with Crippen molar-refractivity contribution in [2.45, 2.75) is 13.8 Å². The van der Waals surface area contributed by atoms with Gasteiger partial charge in [-0.05, 0) is 18.1 Å². The molecule has 0 N–H and O–H groups in total. The summed E-state index contributed by atoms with van der Waals surface area (Å²) < 4.78 is 21.0. The van der Waals surface area contributed by atoms with Crippen LogP contribution in [0.5, 0.6) is 23.5 Å². The largest absolute Gasteiger partial charge is 0.480 e. The van der Waals surface area contributed by atoms with Crippen LogP contribution in [0, 0.1) is 5.92 Å². The van der Waals surface area contributed by atoms with Crippen molar-refractivity contribution in [1.29, 1.82) is 0 Å². The van der Waals surface area contributed by atoms with Crippen molar-refractivity contribution < 1.29 is 23.7 Å². The maximum absolute atomic E-state index is 12.2. The lowest BCUT2D eigenvalue weighted by Gasteiger charge is -2.12. The summed E-state index contributed by atoms with van der Waals surface area (Å²) >= 11 is 6.03. The van der Waals surface area contributed by atoms with Gasteiger partial charge in [-0.15, -0.1) is 0 Å². The molecule has 0 atom stereocenters. The Morgan fingerprint density at radius 2 is 1.72 bits per heavy atom. The van der Waals surface area contributed by atoms with E-state index in [2.05, 4.69) is 9.97 Å². The molecule has 0 aliphatic rings. The van der Waals surface area contributed by atoms with Crippen LogP contribution in [0.3, 0.4) is 0 Å². The van der Waals surface area contributed by atoms with Gasteiger partial charge < -0.3 is 18.9 Å². The summed E-state index contributed by atoms with van der Waals surface area (Å²) in [4.78, 5) is 20.3. The number of carbonyl (C=O) groups excluding carboxylic acids is 1. The molecule has 7 nitrogen and oxygen atoms in total. The third-order valence-corrected chi connectivity index (χ3v) is 3.34. The van der Waals surface area contributed by atoms with Crippen molar-refractivity contribution in [2.75, 3.05) is 20.8 Å². The highest BCUT2D eigenvalue weighted by Gasteiger charge is 2.19. The second-order valence-corrected chi connectivity index (χ2v) is 5.81. The van der Waals surface area contributed by atoms with E-state index in [1.54, 1.807) is 24.3 Å². The highest BCUT2D eigenvalue weighted by Crippen LogP contribution is 2.34. The lowest BCUT2D eigenvalue weighted by Crippen LogP contribution is -2.11. The summed E-state index contributed by atoms with van der Waals surface area (Å²) in [5.41, 5.74) is 0.264. The molecule has 134 valence electrons. The molecule has 2 aromatic rings. The Bertz CT molecular complexity index is 727. The van der Waals surface area contributed by atoms with Gasteiger partial charge >= 0.3 is 12.0 Å². The summed E-state index contributed by atoms with van der Waals surface area (Å²) in [6, 6.07) is 6.58. The number of benzene rings is 1. The zero-order valence-electron chi connectivity index (χ0n) is 14.4. The van der Waals surface area contributed by atoms with Gasteiger partial charge in [-0.3, -0.25) is 0 Å². The minimum Gasteiger partial charge on any atom is -0.480 e. The number of aromatic nitrogens is 2. The normalized spacial score (nSPS) is 10.5. The third-order valence-electron chi connectivity index (χ3n) is 3.01. The van der Waals surface area contributed by atoms with Crippen molar-refractivity contribution in [3.63, 3.8) is 0 Å². The number of para-hydroxylation sites is 1. The average molecular weight is 367 g/mol. The second kappa shape index (κ2) is 8.53. The zero-order chi connectivity index (χ0) is 18.4. The van der Waals surface area contributed by atoms with Crippen molar-refractivity contribution in [3.8, 4) is 23.5 Å². The van der Waals surface area contributed by atoms with E-state index in [1.165, 1.54) is 14.2 Å². The summed E-state index contributed by atoms with van der Waals surface area (Å²) in [6.07, 6.45) is 0. The Morgan fingerprint density at radius 1 is 1.12 bits per heavy atom. The van der Waals surface area contributed by atoms with Gasteiger partial charge in [-0.2, -0.15) is 9.97 Å². The van der Waals surface area contributed by atoms with Crippen LogP contribution >= 0.6 is 11.6 Å². The maximum Gasteiger partial charge on any atom is 0.341 e. The van der Waals surface area contributed by atoms with Gasteiger partial charge in [0.25, 0.3) is 0 Å². The molecule has 1 heterocycles. The maximum atomic E-state index is 12.2. The quantitative estimate of drug-likeness (QED) is 0.690. The predicted octanol–water partition coefficient (Wildman–Crippen LogP) is 3.75. The van der Waals surface area contributed by atoms with Crippen LogP contribution in [0.25, 0.3) is 0 Å². The minimum absolute atomic E-state index is 0.0674. The number of nitrogens with zero attached hydrogens (tertiary/aromatic N) is 2. The SMILES string of the molecule is COc1nc(Oc2ccccc2C(=O)OCC(C)C)nc(OC)c1Cl. The molecular weight excluding hydrogens is 348 g/mol. The van der Waals surface area contributed by atoms with Gasteiger partial charge in [0.15, 0.2) is 5.02 Å². The van der Waals surface area contributed by atoms with E-state index in [1.807, 2.05) is 13.8 Å². The predicted molar refractivity (Wildman–Crippen MR) is 91.8 cm³/mol. The van der Waals surface area contributed by atoms with Crippen LogP contribution < -0.4 is 14.2 Å². The van der Waals surface area contributed by atoms with Gasteiger partial charge in [0, 0.05) is 0 Å². The fourth-order valence-corrected chi connectivity index (χ4v) is 2.09. The topological polar surface area (TPSA) is 79.8 Å². The zero-order valence-corrected chi connectivity index (χ0v) is 15.2. The molecule has 0 saturated heterocycles. The molecule has 25 heavy (non-hydrogen) atoms. The number of halogens is 1. The molecule has 0 aliphatic heterocycles. The molecule has 2 rings (SSSR count). The smallest absolute Gasteiger partial charge is 0.341 e. The van der Waals surface area contributed by atoms with Crippen molar-refractivity contribution in [1.82, 2.24) is 9.97 Å². The highest BCUT2D eigenvalue weighted by molar-refractivity contribution is 6.33. The van der Waals surface area contributed by atoms with Crippen LogP contribution in [0.2, 0.25) is 5.02 Å². The third kappa shape index (κ3) is 4.73. The van der Waals surface area contributed by atoms with Crippen LogP contribution in [0.1, 0.15) is 24.2 Å². The Balaban J connectivity index is 2.30. The van der Waals surface area contributed by atoms with E-state index < -0.39 is 5.97 Å². The number of ether oxygens (including phenoxy) is 4. The van der Waals surface area contributed by atoms with Gasteiger partial charge in [-0.25, -0.2) is 4.79 Å². The monoisotopic (exact) mass is 366 g/mol.